The van der Waals surface area contributed by atoms with E-state index in [1.165, 1.54) is 0 Å². The van der Waals surface area contributed by atoms with Gasteiger partial charge in [-0.05, 0) is 23.5 Å². The third kappa shape index (κ3) is 2.43. The normalized spacial score (nSPS) is 11.6. The van der Waals surface area contributed by atoms with Crippen LogP contribution in [-0.2, 0) is 11.8 Å². The summed E-state index contributed by atoms with van der Waals surface area (Å²) in [5.41, 5.74) is 2.58. The molecule has 0 saturated heterocycles. The molecule has 2 aromatic rings. The van der Waals surface area contributed by atoms with Crippen LogP contribution in [0.25, 0.3) is 5.69 Å². The number of aromatic nitrogens is 3. The van der Waals surface area contributed by atoms with Crippen LogP contribution < -0.4 is 0 Å². The molecule has 1 aromatic carbocycles. The third-order valence-electron chi connectivity index (χ3n) is 3.24. The van der Waals surface area contributed by atoms with E-state index in [1.807, 2.05) is 31.2 Å². The van der Waals surface area contributed by atoms with Gasteiger partial charge < -0.3 is 5.11 Å². The molecule has 0 aliphatic carbocycles. The second-order valence-corrected chi connectivity index (χ2v) is 5.72. The fraction of sp³-hybridized carbons (Fsp3) is 0.400. The van der Waals surface area contributed by atoms with Crippen LogP contribution >= 0.6 is 0 Å². The number of carboxylic acid groups (broad SMARTS) is 1. The van der Waals surface area contributed by atoms with E-state index in [2.05, 4.69) is 31.1 Å². The zero-order chi connectivity index (χ0) is 14.9. The van der Waals surface area contributed by atoms with Crippen molar-refractivity contribution in [2.24, 2.45) is 0 Å². The maximum Gasteiger partial charge on any atom is 0.358 e. The van der Waals surface area contributed by atoms with Crippen molar-refractivity contribution in [1.29, 1.82) is 0 Å². The second-order valence-electron chi connectivity index (χ2n) is 5.72. The number of nitrogens with zero attached hydrogens (tertiary/aromatic N) is 3. The summed E-state index contributed by atoms with van der Waals surface area (Å²) >= 11 is 0. The van der Waals surface area contributed by atoms with E-state index in [1.54, 1.807) is 4.68 Å². The molecule has 0 aliphatic rings. The summed E-state index contributed by atoms with van der Waals surface area (Å²) in [6, 6.07) is 7.88. The van der Waals surface area contributed by atoms with Crippen molar-refractivity contribution in [2.45, 2.75) is 39.5 Å². The monoisotopic (exact) mass is 273 g/mol. The minimum atomic E-state index is -1.04. The molecule has 20 heavy (non-hydrogen) atoms. The van der Waals surface area contributed by atoms with E-state index in [-0.39, 0.29) is 11.1 Å². The lowest BCUT2D eigenvalue weighted by Crippen LogP contribution is -2.17. The zero-order valence-corrected chi connectivity index (χ0v) is 12.2. The van der Waals surface area contributed by atoms with Gasteiger partial charge in [-0.2, -0.15) is 0 Å². The molecule has 5 nitrogen and oxygen atoms in total. The number of benzene rings is 1. The van der Waals surface area contributed by atoms with Gasteiger partial charge in [-0.15, -0.1) is 5.10 Å². The Balaban J connectivity index is 2.67. The predicted octanol–water partition coefficient (Wildman–Crippen LogP) is 2.83. The standard InChI is InChI=1S/C15H19N3O2/c1-5-11-13(14(19)20)16-17-18(11)12-9-7-6-8-10(12)15(2,3)4/h6-9H,5H2,1-4H3,(H,19,20). The Bertz CT molecular complexity index is 639. The van der Waals surface area contributed by atoms with Crippen LogP contribution in [-0.4, -0.2) is 26.1 Å². The predicted molar refractivity (Wildman–Crippen MR) is 76.4 cm³/mol. The molecular formula is C15H19N3O2. The molecule has 1 heterocycles. The van der Waals surface area contributed by atoms with Gasteiger partial charge in [0.05, 0.1) is 11.4 Å². The Morgan fingerprint density at radius 2 is 1.95 bits per heavy atom. The molecule has 1 N–H and O–H groups in total. The number of para-hydroxylation sites is 1. The van der Waals surface area contributed by atoms with Crippen molar-refractivity contribution in [3.63, 3.8) is 0 Å². The minimum absolute atomic E-state index is 0.0243. The molecule has 0 amide bonds. The fourth-order valence-electron chi connectivity index (χ4n) is 2.27. The van der Waals surface area contributed by atoms with E-state index in [9.17, 15) is 9.90 Å². The molecule has 0 aliphatic heterocycles. The summed E-state index contributed by atoms with van der Waals surface area (Å²) in [6.45, 7) is 8.26. The Morgan fingerprint density at radius 1 is 1.30 bits per heavy atom. The van der Waals surface area contributed by atoms with Gasteiger partial charge in [0.1, 0.15) is 0 Å². The highest BCUT2D eigenvalue weighted by atomic mass is 16.4. The van der Waals surface area contributed by atoms with E-state index < -0.39 is 5.97 Å². The molecule has 0 saturated carbocycles. The van der Waals surface area contributed by atoms with E-state index in [4.69, 9.17) is 0 Å². The number of hydrogen-bond acceptors (Lipinski definition) is 3. The molecule has 1 aromatic heterocycles. The number of carboxylic acids is 1. The highest BCUT2D eigenvalue weighted by Crippen LogP contribution is 2.29. The topological polar surface area (TPSA) is 68.0 Å². The molecule has 5 heteroatoms. The lowest BCUT2D eigenvalue weighted by Gasteiger charge is -2.23. The summed E-state index contributed by atoms with van der Waals surface area (Å²) in [6.07, 6.45) is 0.563. The van der Waals surface area contributed by atoms with Crippen molar-refractivity contribution in [3.8, 4) is 5.69 Å². The quantitative estimate of drug-likeness (QED) is 0.933. The van der Waals surface area contributed by atoms with Gasteiger partial charge in [0.15, 0.2) is 5.69 Å². The number of carbonyl (C=O) groups is 1. The molecule has 0 bridgehead atoms. The summed E-state index contributed by atoms with van der Waals surface area (Å²) in [7, 11) is 0. The largest absolute Gasteiger partial charge is 0.476 e. The molecular weight excluding hydrogens is 254 g/mol. The van der Waals surface area contributed by atoms with Crippen molar-refractivity contribution < 1.29 is 9.90 Å². The van der Waals surface area contributed by atoms with Gasteiger partial charge in [-0.3, -0.25) is 0 Å². The van der Waals surface area contributed by atoms with Crippen molar-refractivity contribution in [2.75, 3.05) is 0 Å². The Kier molecular flexibility index (Phi) is 3.61. The first-order valence-electron chi connectivity index (χ1n) is 6.64. The Hall–Kier alpha value is -2.17. The molecule has 106 valence electrons. The van der Waals surface area contributed by atoms with Crippen LogP contribution in [0.3, 0.4) is 0 Å². The number of hydrogen-bond donors (Lipinski definition) is 1. The summed E-state index contributed by atoms with van der Waals surface area (Å²) in [5.74, 6) is -1.04. The van der Waals surface area contributed by atoms with Crippen LogP contribution in [0.15, 0.2) is 24.3 Å². The molecule has 2 rings (SSSR count). The maximum atomic E-state index is 11.2. The SMILES string of the molecule is CCc1c(C(=O)O)nnn1-c1ccccc1C(C)(C)C. The van der Waals surface area contributed by atoms with Crippen molar-refractivity contribution >= 4 is 5.97 Å². The highest BCUT2D eigenvalue weighted by molar-refractivity contribution is 5.86. The average molecular weight is 273 g/mol. The van der Waals surface area contributed by atoms with E-state index >= 15 is 0 Å². The van der Waals surface area contributed by atoms with Gasteiger partial charge >= 0.3 is 5.97 Å². The van der Waals surface area contributed by atoms with Crippen molar-refractivity contribution in [3.05, 3.63) is 41.2 Å². The summed E-state index contributed by atoms with van der Waals surface area (Å²) < 4.78 is 1.64. The van der Waals surface area contributed by atoms with E-state index in [0.717, 1.165) is 11.3 Å². The van der Waals surface area contributed by atoms with Crippen LogP contribution in [0.5, 0.6) is 0 Å². The first kappa shape index (κ1) is 14.2. The highest BCUT2D eigenvalue weighted by Gasteiger charge is 2.23. The lowest BCUT2D eigenvalue weighted by molar-refractivity contribution is 0.0689. The molecule has 0 spiro atoms. The average Bonchev–Trinajstić information content (AvgIpc) is 2.81. The summed E-state index contributed by atoms with van der Waals surface area (Å²) in [4.78, 5) is 11.2. The first-order valence-corrected chi connectivity index (χ1v) is 6.64. The zero-order valence-electron chi connectivity index (χ0n) is 12.2. The molecule has 0 unspecified atom stereocenters. The van der Waals surface area contributed by atoms with Gasteiger partial charge in [0, 0.05) is 0 Å². The minimum Gasteiger partial charge on any atom is -0.476 e. The molecule has 0 atom stereocenters. The lowest BCUT2D eigenvalue weighted by atomic mass is 9.86. The van der Waals surface area contributed by atoms with Crippen LogP contribution in [0.2, 0.25) is 0 Å². The van der Waals surface area contributed by atoms with Gasteiger partial charge in [0.25, 0.3) is 0 Å². The van der Waals surface area contributed by atoms with Gasteiger partial charge in [-0.25, -0.2) is 9.48 Å². The second kappa shape index (κ2) is 5.07. The van der Waals surface area contributed by atoms with Crippen LogP contribution in [0.4, 0.5) is 0 Å². The Morgan fingerprint density at radius 3 is 2.50 bits per heavy atom. The van der Waals surface area contributed by atoms with Crippen molar-refractivity contribution in [1.82, 2.24) is 15.0 Å². The van der Waals surface area contributed by atoms with Gasteiger partial charge in [0.2, 0.25) is 0 Å². The first-order chi connectivity index (χ1) is 9.36. The maximum absolute atomic E-state index is 11.2. The van der Waals surface area contributed by atoms with Crippen LogP contribution in [0.1, 0.15) is 49.4 Å². The van der Waals surface area contributed by atoms with Gasteiger partial charge in [-0.1, -0.05) is 51.1 Å². The smallest absolute Gasteiger partial charge is 0.358 e. The molecule has 0 radical (unpaired) electrons. The molecule has 0 fully saturated rings. The third-order valence-corrected chi connectivity index (χ3v) is 3.24. The Labute approximate surface area is 118 Å². The van der Waals surface area contributed by atoms with E-state index in [0.29, 0.717) is 12.1 Å². The fourth-order valence-corrected chi connectivity index (χ4v) is 2.27. The number of rotatable bonds is 3. The summed E-state index contributed by atoms with van der Waals surface area (Å²) in [5, 5.41) is 17.0. The number of aromatic carboxylic acids is 1. The van der Waals surface area contributed by atoms with Crippen LogP contribution in [0, 0.1) is 0 Å².